The van der Waals surface area contributed by atoms with Gasteiger partial charge < -0.3 is 10.2 Å². The normalized spacial score (nSPS) is 11.0. The summed E-state index contributed by atoms with van der Waals surface area (Å²) >= 11 is 9.16. The number of thiophene rings is 2. The molecule has 0 bridgehead atoms. The van der Waals surface area contributed by atoms with Crippen LogP contribution in [0.25, 0.3) is 32.2 Å². The van der Waals surface area contributed by atoms with Crippen LogP contribution in [0.4, 0.5) is 5.69 Å². The molecule has 0 unspecified atom stereocenters. The van der Waals surface area contributed by atoms with Gasteiger partial charge in [0.1, 0.15) is 11.4 Å². The number of nitrogens with one attached hydrogen (secondary N) is 1. The summed E-state index contributed by atoms with van der Waals surface area (Å²) in [7, 11) is 0. The Labute approximate surface area is 212 Å². The molecule has 0 amide bonds. The molecule has 3 aromatic heterocycles. The van der Waals surface area contributed by atoms with Crippen molar-refractivity contribution in [1.82, 2.24) is 14.9 Å². The molecular weight excluding hydrogens is 477 g/mol. The number of hydrogen-bond donors (Lipinski definition) is 1. The van der Waals surface area contributed by atoms with E-state index in [1.54, 1.807) is 22.7 Å². The van der Waals surface area contributed by atoms with Crippen LogP contribution < -0.4 is 5.32 Å². The van der Waals surface area contributed by atoms with Gasteiger partial charge in [-0.2, -0.15) is 0 Å². The molecule has 0 saturated carbocycles. The van der Waals surface area contributed by atoms with Gasteiger partial charge in [-0.1, -0.05) is 49.4 Å². The smallest absolute Gasteiger partial charge is 0.173 e. The summed E-state index contributed by atoms with van der Waals surface area (Å²) in [5.41, 5.74) is 5.73. The maximum Gasteiger partial charge on any atom is 0.173 e. The molecule has 0 atom stereocenters. The first kappa shape index (κ1) is 22.7. The third-order valence-corrected chi connectivity index (χ3v) is 7.54. The van der Waals surface area contributed by atoms with E-state index in [9.17, 15) is 0 Å². The van der Waals surface area contributed by atoms with Crippen LogP contribution in [-0.4, -0.2) is 26.5 Å². The molecule has 7 heteroatoms. The Balaban J connectivity index is 1.45. The SMILES string of the molecule is CCCN(Cc1ccccc1)C(=S)Nc1ccc2nc(-c3cccs3)c(-c3cccs3)nc2c1. The largest absolute Gasteiger partial charge is 0.345 e. The Morgan fingerprint density at radius 1 is 0.853 bits per heavy atom. The fourth-order valence-electron chi connectivity index (χ4n) is 3.83. The molecule has 4 nitrogen and oxygen atoms in total. The molecule has 0 fully saturated rings. The highest BCUT2D eigenvalue weighted by Crippen LogP contribution is 2.35. The third-order valence-electron chi connectivity index (χ3n) is 5.42. The topological polar surface area (TPSA) is 41.0 Å². The summed E-state index contributed by atoms with van der Waals surface area (Å²) < 4.78 is 0. The standard InChI is InChI=1S/C27H24N4S3/c1-2-14-31(18-19-8-4-3-5-9-19)27(32)28-20-12-13-21-22(17-20)30-26(24-11-7-16-34-24)25(29-21)23-10-6-15-33-23/h3-13,15-17H,2,14,18H2,1H3,(H,28,32). The van der Waals surface area contributed by atoms with E-state index in [0.717, 1.165) is 57.4 Å². The fourth-order valence-corrected chi connectivity index (χ4v) is 5.53. The number of rotatable bonds is 7. The van der Waals surface area contributed by atoms with Gasteiger partial charge in [0.25, 0.3) is 0 Å². The van der Waals surface area contributed by atoms with E-state index in [4.69, 9.17) is 22.2 Å². The van der Waals surface area contributed by atoms with Crippen molar-refractivity contribution in [2.45, 2.75) is 19.9 Å². The molecule has 0 aliphatic heterocycles. The second-order valence-electron chi connectivity index (χ2n) is 7.92. The summed E-state index contributed by atoms with van der Waals surface area (Å²) in [6.07, 6.45) is 1.02. The Hall–Kier alpha value is -3.13. The van der Waals surface area contributed by atoms with Crippen LogP contribution in [0.5, 0.6) is 0 Å². The number of fused-ring (bicyclic) bond motifs is 1. The summed E-state index contributed by atoms with van der Waals surface area (Å²) in [6, 6.07) is 24.8. The van der Waals surface area contributed by atoms with Crippen molar-refractivity contribution in [3.63, 3.8) is 0 Å². The molecule has 0 aliphatic carbocycles. The molecule has 0 radical (unpaired) electrons. The number of nitrogens with zero attached hydrogens (tertiary/aromatic N) is 3. The lowest BCUT2D eigenvalue weighted by Crippen LogP contribution is -2.34. The van der Waals surface area contributed by atoms with Crippen molar-refractivity contribution in [3.8, 4) is 21.1 Å². The van der Waals surface area contributed by atoms with E-state index in [1.165, 1.54) is 5.56 Å². The lowest BCUT2D eigenvalue weighted by Gasteiger charge is -2.25. The average Bonchev–Trinajstić information content (AvgIpc) is 3.58. The minimum Gasteiger partial charge on any atom is -0.345 e. The Morgan fingerprint density at radius 2 is 1.53 bits per heavy atom. The number of hydrogen-bond acceptors (Lipinski definition) is 5. The zero-order valence-electron chi connectivity index (χ0n) is 18.8. The number of benzene rings is 2. The molecule has 170 valence electrons. The van der Waals surface area contributed by atoms with E-state index >= 15 is 0 Å². The predicted octanol–water partition coefficient (Wildman–Crippen LogP) is 7.70. The zero-order valence-corrected chi connectivity index (χ0v) is 21.2. The van der Waals surface area contributed by atoms with Gasteiger partial charge in [0.2, 0.25) is 0 Å². The van der Waals surface area contributed by atoms with Crippen LogP contribution in [0.1, 0.15) is 18.9 Å². The molecule has 0 saturated heterocycles. The molecule has 5 aromatic rings. The molecule has 34 heavy (non-hydrogen) atoms. The van der Waals surface area contributed by atoms with E-state index < -0.39 is 0 Å². The van der Waals surface area contributed by atoms with Gasteiger partial charge in [-0.3, -0.25) is 0 Å². The van der Waals surface area contributed by atoms with E-state index in [1.807, 2.05) is 24.3 Å². The molecule has 0 aliphatic rings. The van der Waals surface area contributed by atoms with Gasteiger partial charge in [0.15, 0.2) is 5.11 Å². The summed E-state index contributed by atoms with van der Waals surface area (Å²) in [5.74, 6) is 0. The van der Waals surface area contributed by atoms with E-state index in [-0.39, 0.29) is 0 Å². The van der Waals surface area contributed by atoms with Crippen molar-refractivity contribution < 1.29 is 0 Å². The first-order valence-corrected chi connectivity index (χ1v) is 13.4. The van der Waals surface area contributed by atoms with Gasteiger partial charge in [-0.15, -0.1) is 22.7 Å². The Morgan fingerprint density at radius 3 is 2.15 bits per heavy atom. The van der Waals surface area contributed by atoms with Crippen LogP contribution in [-0.2, 0) is 6.54 Å². The van der Waals surface area contributed by atoms with Crippen molar-refractivity contribution in [2.75, 3.05) is 11.9 Å². The van der Waals surface area contributed by atoms with Crippen LogP contribution in [0, 0.1) is 0 Å². The quantitative estimate of drug-likeness (QED) is 0.232. The highest BCUT2D eigenvalue weighted by Gasteiger charge is 2.16. The van der Waals surface area contributed by atoms with E-state index in [2.05, 4.69) is 76.4 Å². The van der Waals surface area contributed by atoms with Gasteiger partial charge in [0, 0.05) is 18.8 Å². The molecule has 1 N–H and O–H groups in total. The third kappa shape index (κ3) is 5.01. The predicted molar refractivity (Wildman–Crippen MR) is 150 cm³/mol. The lowest BCUT2D eigenvalue weighted by molar-refractivity contribution is 0.418. The highest BCUT2D eigenvalue weighted by molar-refractivity contribution is 7.80. The number of thiocarbonyl (C=S) groups is 1. The van der Waals surface area contributed by atoms with Crippen molar-refractivity contribution in [3.05, 3.63) is 89.1 Å². The minimum atomic E-state index is 0.715. The van der Waals surface area contributed by atoms with Crippen molar-refractivity contribution in [2.24, 2.45) is 0 Å². The molecule has 3 heterocycles. The Bertz CT molecular complexity index is 1380. The summed E-state index contributed by atoms with van der Waals surface area (Å²) in [5, 5.41) is 8.29. The molecular formula is C27H24N4S3. The second-order valence-corrected chi connectivity index (χ2v) is 10.2. The molecule has 5 rings (SSSR count). The Kier molecular flexibility index (Phi) is 6.94. The van der Waals surface area contributed by atoms with Crippen LogP contribution in [0.3, 0.4) is 0 Å². The first-order valence-electron chi connectivity index (χ1n) is 11.2. The second kappa shape index (κ2) is 10.4. The maximum absolute atomic E-state index is 5.79. The van der Waals surface area contributed by atoms with Crippen LogP contribution >= 0.6 is 34.9 Å². The van der Waals surface area contributed by atoms with Gasteiger partial charge in [-0.05, 0) is 65.3 Å². The highest BCUT2D eigenvalue weighted by atomic mass is 32.1. The van der Waals surface area contributed by atoms with Crippen LogP contribution in [0.15, 0.2) is 83.6 Å². The van der Waals surface area contributed by atoms with Crippen molar-refractivity contribution in [1.29, 1.82) is 0 Å². The first-order chi connectivity index (χ1) is 16.7. The van der Waals surface area contributed by atoms with E-state index in [0.29, 0.717) is 5.11 Å². The number of aromatic nitrogens is 2. The van der Waals surface area contributed by atoms with Crippen molar-refractivity contribution >= 4 is 56.7 Å². The molecule has 2 aromatic carbocycles. The maximum atomic E-state index is 5.79. The minimum absolute atomic E-state index is 0.715. The summed E-state index contributed by atoms with van der Waals surface area (Å²) in [6.45, 7) is 3.84. The zero-order chi connectivity index (χ0) is 23.3. The summed E-state index contributed by atoms with van der Waals surface area (Å²) in [4.78, 5) is 14.5. The van der Waals surface area contributed by atoms with Gasteiger partial charge in [0.05, 0.1) is 20.8 Å². The molecule has 0 spiro atoms. The van der Waals surface area contributed by atoms with Crippen LogP contribution in [0.2, 0.25) is 0 Å². The van der Waals surface area contributed by atoms with Gasteiger partial charge in [-0.25, -0.2) is 9.97 Å². The monoisotopic (exact) mass is 500 g/mol. The lowest BCUT2D eigenvalue weighted by atomic mass is 10.2. The number of anilines is 1. The van der Waals surface area contributed by atoms with Gasteiger partial charge >= 0.3 is 0 Å². The fraction of sp³-hybridized carbons (Fsp3) is 0.148. The average molecular weight is 501 g/mol.